The number of piperazine rings is 1. The Balaban J connectivity index is 1.56. The van der Waals surface area contributed by atoms with Crippen LogP contribution in [0.5, 0.6) is 0 Å². The lowest BCUT2D eigenvalue weighted by molar-refractivity contribution is 0.0165. The van der Waals surface area contributed by atoms with E-state index in [9.17, 15) is 0 Å². The first-order valence-corrected chi connectivity index (χ1v) is 9.17. The van der Waals surface area contributed by atoms with E-state index in [1.165, 1.54) is 0 Å². The second kappa shape index (κ2) is 5.95. The van der Waals surface area contributed by atoms with Gasteiger partial charge in [0, 0.05) is 37.6 Å². The maximum Gasteiger partial charge on any atom is 0.135 e. The van der Waals surface area contributed by atoms with Crippen molar-refractivity contribution in [3.63, 3.8) is 0 Å². The average molecular weight is 350 g/mol. The molecule has 1 saturated carbocycles. The van der Waals surface area contributed by atoms with E-state index >= 15 is 0 Å². The van der Waals surface area contributed by atoms with E-state index in [-0.39, 0.29) is 5.60 Å². The Hall–Kier alpha value is -2.67. The van der Waals surface area contributed by atoms with E-state index in [0.717, 1.165) is 67.1 Å². The molecule has 1 N–H and O–H groups in total. The summed E-state index contributed by atoms with van der Waals surface area (Å²) in [6.45, 7) is 5.98. The van der Waals surface area contributed by atoms with Crippen molar-refractivity contribution >= 4 is 16.7 Å². The zero-order valence-electron chi connectivity index (χ0n) is 14.9. The summed E-state index contributed by atoms with van der Waals surface area (Å²) < 4.78 is 0. The van der Waals surface area contributed by atoms with E-state index in [2.05, 4.69) is 33.2 Å². The maximum atomic E-state index is 6.12. The van der Waals surface area contributed by atoms with Crippen LogP contribution in [0.3, 0.4) is 0 Å². The van der Waals surface area contributed by atoms with Gasteiger partial charge in [-0.25, -0.2) is 9.97 Å². The van der Waals surface area contributed by atoms with Crippen LogP contribution in [-0.4, -0.2) is 51.7 Å². The Kier molecular flexibility index (Phi) is 3.56. The quantitative estimate of drug-likeness (QED) is 0.775. The first-order chi connectivity index (χ1) is 12.7. The summed E-state index contributed by atoms with van der Waals surface area (Å²) in [6.07, 6.45) is 3.76. The van der Waals surface area contributed by atoms with E-state index in [4.69, 9.17) is 9.94 Å². The molecular formula is C19H22N6O. The number of fused-ring (bicyclic) bond motifs is 1. The lowest BCUT2D eigenvalue weighted by Gasteiger charge is -2.28. The largest absolute Gasteiger partial charge is 0.390 e. The van der Waals surface area contributed by atoms with E-state index in [1.807, 2.05) is 24.3 Å². The van der Waals surface area contributed by atoms with Gasteiger partial charge in [-0.05, 0) is 25.8 Å². The molecule has 134 valence electrons. The molecule has 2 fully saturated rings. The third kappa shape index (κ3) is 2.78. The summed E-state index contributed by atoms with van der Waals surface area (Å²) in [7, 11) is 0. The summed E-state index contributed by atoms with van der Waals surface area (Å²) in [5.41, 5.74) is 2.54. The first-order valence-electron chi connectivity index (χ1n) is 9.17. The van der Waals surface area contributed by atoms with Gasteiger partial charge in [-0.2, -0.15) is 0 Å². The maximum absolute atomic E-state index is 6.12. The minimum Gasteiger partial charge on any atom is -0.390 e. The molecule has 1 aliphatic heterocycles. The standard InChI is InChI=1S/C19H22N6O/c1-19(6-7-19)26-25-16-5-3-2-4-14(16)18(23-25)15-12-17(22-13-21-15)24-10-8-20-9-11-24/h2-5,12-13,20H,6-11H2,1H3. The second-order valence-electron chi connectivity index (χ2n) is 7.28. The van der Waals surface area contributed by atoms with Crippen LogP contribution in [0.25, 0.3) is 22.3 Å². The van der Waals surface area contributed by atoms with Crippen LogP contribution in [0.15, 0.2) is 36.7 Å². The molecule has 1 saturated heterocycles. The van der Waals surface area contributed by atoms with Gasteiger partial charge in [0.15, 0.2) is 0 Å². The summed E-state index contributed by atoms with van der Waals surface area (Å²) in [5, 5.41) is 9.16. The van der Waals surface area contributed by atoms with Gasteiger partial charge in [0.2, 0.25) is 0 Å². The lowest BCUT2D eigenvalue weighted by atomic mass is 10.1. The number of aromatic nitrogens is 4. The van der Waals surface area contributed by atoms with Crippen molar-refractivity contribution in [3.8, 4) is 11.4 Å². The van der Waals surface area contributed by atoms with Crippen LogP contribution in [0.1, 0.15) is 19.8 Å². The highest BCUT2D eigenvalue weighted by Crippen LogP contribution is 2.37. The Morgan fingerprint density at radius 2 is 1.92 bits per heavy atom. The highest BCUT2D eigenvalue weighted by Gasteiger charge is 2.42. The normalized spacial score (nSPS) is 18.9. The molecule has 5 rings (SSSR count). The fourth-order valence-corrected chi connectivity index (χ4v) is 3.32. The molecule has 0 bridgehead atoms. The molecule has 0 spiro atoms. The minimum atomic E-state index is -0.0936. The molecule has 1 aromatic carbocycles. The molecule has 7 heteroatoms. The van der Waals surface area contributed by atoms with E-state index in [1.54, 1.807) is 11.2 Å². The van der Waals surface area contributed by atoms with Gasteiger partial charge in [0.1, 0.15) is 29.0 Å². The van der Waals surface area contributed by atoms with Gasteiger partial charge in [0.05, 0.1) is 5.69 Å². The summed E-state index contributed by atoms with van der Waals surface area (Å²) >= 11 is 0. The van der Waals surface area contributed by atoms with Gasteiger partial charge < -0.3 is 15.1 Å². The number of rotatable bonds is 4. The highest BCUT2D eigenvalue weighted by atomic mass is 16.7. The molecule has 0 radical (unpaired) electrons. The van der Waals surface area contributed by atoms with Crippen molar-refractivity contribution in [2.75, 3.05) is 31.1 Å². The van der Waals surface area contributed by atoms with Crippen LogP contribution in [-0.2, 0) is 0 Å². The first kappa shape index (κ1) is 15.6. The Bertz CT molecular complexity index is 942. The molecule has 0 atom stereocenters. The number of para-hydroxylation sites is 1. The van der Waals surface area contributed by atoms with Crippen molar-refractivity contribution in [1.82, 2.24) is 25.2 Å². The van der Waals surface area contributed by atoms with Crippen molar-refractivity contribution in [3.05, 3.63) is 36.7 Å². The molecule has 0 amide bonds. The van der Waals surface area contributed by atoms with E-state index in [0.29, 0.717) is 0 Å². The monoisotopic (exact) mass is 350 g/mol. The Morgan fingerprint density at radius 1 is 1.12 bits per heavy atom. The predicted octanol–water partition coefficient (Wildman–Crippen LogP) is 1.88. The van der Waals surface area contributed by atoms with Gasteiger partial charge in [-0.1, -0.05) is 23.0 Å². The fourth-order valence-electron chi connectivity index (χ4n) is 3.32. The number of anilines is 1. The zero-order valence-corrected chi connectivity index (χ0v) is 14.9. The van der Waals surface area contributed by atoms with Gasteiger partial charge in [0.25, 0.3) is 0 Å². The molecule has 2 aromatic heterocycles. The third-order valence-corrected chi connectivity index (χ3v) is 5.15. The van der Waals surface area contributed by atoms with E-state index < -0.39 is 0 Å². The topological polar surface area (TPSA) is 68.1 Å². The van der Waals surface area contributed by atoms with Crippen LogP contribution in [0, 0.1) is 0 Å². The average Bonchev–Trinajstić information content (AvgIpc) is 3.31. The minimum absolute atomic E-state index is 0.0936. The van der Waals surface area contributed by atoms with Gasteiger partial charge >= 0.3 is 0 Å². The number of hydrogen-bond acceptors (Lipinski definition) is 6. The molecule has 0 unspecified atom stereocenters. The molecule has 1 aliphatic carbocycles. The highest BCUT2D eigenvalue weighted by molar-refractivity contribution is 5.92. The number of nitrogens with zero attached hydrogens (tertiary/aromatic N) is 5. The number of benzene rings is 1. The fraction of sp³-hybridized carbons (Fsp3) is 0.421. The second-order valence-corrected chi connectivity index (χ2v) is 7.28. The van der Waals surface area contributed by atoms with Crippen molar-refractivity contribution in [2.24, 2.45) is 0 Å². The molecule has 7 nitrogen and oxygen atoms in total. The third-order valence-electron chi connectivity index (χ3n) is 5.15. The predicted molar refractivity (Wildman–Crippen MR) is 100 cm³/mol. The summed E-state index contributed by atoms with van der Waals surface area (Å²) in [5.74, 6) is 0.949. The summed E-state index contributed by atoms with van der Waals surface area (Å²) in [4.78, 5) is 19.0. The van der Waals surface area contributed by atoms with Crippen molar-refractivity contribution in [2.45, 2.75) is 25.4 Å². The molecule has 2 aliphatic rings. The van der Waals surface area contributed by atoms with Crippen LogP contribution in [0.4, 0.5) is 5.82 Å². The van der Waals surface area contributed by atoms with Gasteiger partial charge in [-0.3, -0.25) is 0 Å². The van der Waals surface area contributed by atoms with Crippen LogP contribution in [0.2, 0.25) is 0 Å². The summed E-state index contributed by atoms with van der Waals surface area (Å²) in [6, 6.07) is 10.2. The van der Waals surface area contributed by atoms with Crippen molar-refractivity contribution < 1.29 is 4.84 Å². The SMILES string of the molecule is CC1(On2nc(-c3cc(N4CCNCC4)ncn3)c3ccccc32)CC1. The molecular weight excluding hydrogens is 328 g/mol. The Labute approximate surface area is 152 Å². The smallest absolute Gasteiger partial charge is 0.135 e. The molecule has 26 heavy (non-hydrogen) atoms. The Morgan fingerprint density at radius 3 is 2.73 bits per heavy atom. The van der Waals surface area contributed by atoms with Crippen LogP contribution < -0.4 is 15.1 Å². The van der Waals surface area contributed by atoms with Crippen molar-refractivity contribution in [1.29, 1.82) is 0 Å². The van der Waals surface area contributed by atoms with Crippen LogP contribution >= 0.6 is 0 Å². The number of hydrogen-bond donors (Lipinski definition) is 1. The molecule has 3 aromatic rings. The lowest BCUT2D eigenvalue weighted by Crippen LogP contribution is -2.43. The molecule has 3 heterocycles. The number of nitrogens with one attached hydrogen (secondary N) is 1. The van der Waals surface area contributed by atoms with Gasteiger partial charge in [-0.15, -0.1) is 5.10 Å². The zero-order chi connectivity index (χ0) is 17.6.